The first kappa shape index (κ1) is 12.8. The summed E-state index contributed by atoms with van der Waals surface area (Å²) in [5.41, 5.74) is 5.24. The lowest BCUT2D eigenvalue weighted by molar-refractivity contribution is 0.294. The Kier molecular flexibility index (Phi) is 2.62. The maximum atomic E-state index is 13.1. The Morgan fingerprint density at radius 3 is 2.81 bits per heavy atom. The molecule has 21 heavy (non-hydrogen) atoms. The smallest absolute Gasteiger partial charge is 0.123 e. The van der Waals surface area contributed by atoms with E-state index in [4.69, 9.17) is 0 Å². The number of aromatic nitrogens is 2. The molecule has 1 aromatic heterocycles. The number of fused-ring (bicyclic) bond motifs is 2. The highest BCUT2D eigenvalue weighted by atomic mass is 19.1. The van der Waals surface area contributed by atoms with Gasteiger partial charge in [0.2, 0.25) is 0 Å². The molecule has 1 heterocycles. The number of halogens is 1. The Balaban J connectivity index is 1.82. The van der Waals surface area contributed by atoms with Crippen LogP contribution in [0.5, 0.6) is 0 Å². The molecule has 2 nitrogen and oxygen atoms in total. The molecule has 108 valence electrons. The zero-order valence-electron chi connectivity index (χ0n) is 12.4. The van der Waals surface area contributed by atoms with Crippen molar-refractivity contribution in [2.45, 2.75) is 33.1 Å². The van der Waals surface area contributed by atoms with Crippen molar-refractivity contribution in [1.29, 1.82) is 0 Å². The van der Waals surface area contributed by atoms with Crippen LogP contribution in [0.25, 0.3) is 11.8 Å². The van der Waals surface area contributed by atoms with Gasteiger partial charge >= 0.3 is 0 Å². The second-order valence-electron chi connectivity index (χ2n) is 6.65. The van der Waals surface area contributed by atoms with Crippen LogP contribution in [0.15, 0.2) is 36.0 Å². The minimum atomic E-state index is -0.213. The molecule has 1 fully saturated rings. The van der Waals surface area contributed by atoms with E-state index in [1.54, 1.807) is 17.7 Å². The monoisotopic (exact) mass is 282 g/mol. The van der Waals surface area contributed by atoms with Crippen LogP contribution >= 0.6 is 0 Å². The number of hydrogen-bond acceptors (Lipinski definition) is 1. The van der Waals surface area contributed by atoms with Crippen molar-refractivity contribution in [2.75, 3.05) is 0 Å². The van der Waals surface area contributed by atoms with Crippen molar-refractivity contribution < 1.29 is 4.39 Å². The van der Waals surface area contributed by atoms with Gasteiger partial charge in [0, 0.05) is 0 Å². The van der Waals surface area contributed by atoms with Gasteiger partial charge in [-0.2, -0.15) is 5.10 Å². The predicted octanol–water partition coefficient (Wildman–Crippen LogP) is 4.39. The summed E-state index contributed by atoms with van der Waals surface area (Å²) >= 11 is 0. The molecule has 2 aliphatic rings. The summed E-state index contributed by atoms with van der Waals surface area (Å²) in [5.74, 6) is 0.515. The lowest BCUT2D eigenvalue weighted by Crippen LogP contribution is -2.27. The summed E-state index contributed by atoms with van der Waals surface area (Å²) < 4.78 is 15.0. The summed E-state index contributed by atoms with van der Waals surface area (Å²) in [4.78, 5) is 0. The summed E-state index contributed by atoms with van der Waals surface area (Å²) in [5, 5.41) is 4.53. The second-order valence-corrected chi connectivity index (χ2v) is 6.65. The maximum Gasteiger partial charge on any atom is 0.123 e. The van der Waals surface area contributed by atoms with E-state index in [-0.39, 0.29) is 5.82 Å². The van der Waals surface area contributed by atoms with E-state index in [0.29, 0.717) is 5.41 Å². The summed E-state index contributed by atoms with van der Waals surface area (Å²) in [6.07, 6.45) is 7.82. The van der Waals surface area contributed by atoms with Gasteiger partial charge in [0.1, 0.15) is 5.82 Å². The third-order valence-electron chi connectivity index (χ3n) is 5.49. The van der Waals surface area contributed by atoms with Crippen molar-refractivity contribution in [3.8, 4) is 5.69 Å². The molecule has 2 unspecified atom stereocenters. The van der Waals surface area contributed by atoms with Crippen LogP contribution in [0.3, 0.4) is 0 Å². The van der Waals surface area contributed by atoms with Gasteiger partial charge in [0.15, 0.2) is 0 Å². The fraction of sp³-hybridized carbons (Fsp3) is 0.389. The molecule has 3 heteroatoms. The standard InChI is InChI=1S/C18H19FN2/c1-12-3-4-14-9-17-13(10-18(12,14)2)11-20-21(17)16-7-5-15(19)6-8-16/h5-9,11-12H,3-4,10H2,1-2H3. The fourth-order valence-electron chi connectivity index (χ4n) is 3.85. The van der Waals surface area contributed by atoms with Gasteiger partial charge in [-0.25, -0.2) is 9.07 Å². The van der Waals surface area contributed by atoms with Crippen LogP contribution in [0.2, 0.25) is 0 Å². The molecule has 2 aromatic rings. The zero-order valence-corrected chi connectivity index (χ0v) is 12.4. The quantitative estimate of drug-likeness (QED) is 0.758. The Bertz CT molecular complexity index is 726. The molecule has 0 aliphatic heterocycles. The summed E-state index contributed by atoms with van der Waals surface area (Å²) in [6.45, 7) is 4.74. The van der Waals surface area contributed by atoms with E-state index in [1.165, 1.54) is 36.2 Å². The summed E-state index contributed by atoms with van der Waals surface area (Å²) in [7, 11) is 0. The average Bonchev–Trinajstić information content (AvgIpc) is 2.99. The van der Waals surface area contributed by atoms with Crippen molar-refractivity contribution in [3.05, 3.63) is 53.1 Å². The van der Waals surface area contributed by atoms with Gasteiger partial charge in [-0.15, -0.1) is 0 Å². The van der Waals surface area contributed by atoms with Crippen LogP contribution < -0.4 is 0 Å². The number of nitrogens with zero attached hydrogens (tertiary/aromatic N) is 2. The topological polar surface area (TPSA) is 17.8 Å². The average molecular weight is 282 g/mol. The highest BCUT2D eigenvalue weighted by molar-refractivity contribution is 5.61. The SMILES string of the molecule is CC1CCC2=Cc3c(cnn3-c3ccc(F)cc3)CC21C. The molecule has 0 saturated heterocycles. The maximum absolute atomic E-state index is 13.1. The van der Waals surface area contributed by atoms with E-state index >= 15 is 0 Å². The normalized spacial score (nSPS) is 27.2. The number of hydrogen-bond donors (Lipinski definition) is 0. The van der Waals surface area contributed by atoms with Gasteiger partial charge in [-0.1, -0.05) is 19.4 Å². The van der Waals surface area contributed by atoms with Gasteiger partial charge in [-0.05, 0) is 66.5 Å². The first-order valence-electron chi connectivity index (χ1n) is 7.62. The Morgan fingerprint density at radius 1 is 1.29 bits per heavy atom. The van der Waals surface area contributed by atoms with Gasteiger partial charge in [0.05, 0.1) is 17.6 Å². The molecule has 2 atom stereocenters. The first-order valence-corrected chi connectivity index (χ1v) is 7.62. The van der Waals surface area contributed by atoms with E-state index < -0.39 is 0 Å². The molecular formula is C18H19FN2. The molecule has 0 bridgehead atoms. The summed E-state index contributed by atoms with van der Waals surface area (Å²) in [6, 6.07) is 6.54. The van der Waals surface area contributed by atoms with Gasteiger partial charge in [0.25, 0.3) is 0 Å². The number of rotatable bonds is 1. The second kappa shape index (κ2) is 4.30. The minimum Gasteiger partial charge on any atom is -0.233 e. The molecule has 0 spiro atoms. The van der Waals surface area contributed by atoms with Crippen molar-refractivity contribution in [1.82, 2.24) is 9.78 Å². The Morgan fingerprint density at radius 2 is 2.05 bits per heavy atom. The van der Waals surface area contributed by atoms with Gasteiger partial charge in [-0.3, -0.25) is 0 Å². The lowest BCUT2D eigenvalue weighted by Gasteiger charge is -2.34. The third kappa shape index (κ3) is 1.80. The highest BCUT2D eigenvalue weighted by Gasteiger charge is 2.43. The minimum absolute atomic E-state index is 0.213. The van der Waals surface area contributed by atoms with Crippen LogP contribution in [0.1, 0.15) is 37.9 Å². The predicted molar refractivity (Wildman–Crippen MR) is 81.7 cm³/mol. The Hall–Kier alpha value is -1.90. The molecule has 1 aromatic carbocycles. The lowest BCUT2D eigenvalue weighted by atomic mass is 9.70. The molecule has 4 rings (SSSR count). The molecule has 2 aliphatic carbocycles. The molecule has 1 saturated carbocycles. The number of benzene rings is 1. The van der Waals surface area contributed by atoms with Crippen LogP contribution in [0, 0.1) is 17.2 Å². The fourth-order valence-corrected chi connectivity index (χ4v) is 3.85. The molecule has 0 amide bonds. The third-order valence-corrected chi connectivity index (χ3v) is 5.49. The van der Waals surface area contributed by atoms with Crippen molar-refractivity contribution in [2.24, 2.45) is 11.3 Å². The van der Waals surface area contributed by atoms with Crippen LogP contribution in [-0.4, -0.2) is 9.78 Å². The number of allylic oxidation sites excluding steroid dienone is 1. The van der Waals surface area contributed by atoms with E-state index in [2.05, 4.69) is 25.0 Å². The van der Waals surface area contributed by atoms with E-state index in [0.717, 1.165) is 18.0 Å². The van der Waals surface area contributed by atoms with Crippen molar-refractivity contribution in [3.63, 3.8) is 0 Å². The van der Waals surface area contributed by atoms with E-state index in [1.807, 2.05) is 10.9 Å². The molecular weight excluding hydrogens is 263 g/mol. The molecule has 0 N–H and O–H groups in total. The largest absolute Gasteiger partial charge is 0.233 e. The van der Waals surface area contributed by atoms with Gasteiger partial charge < -0.3 is 0 Å². The first-order chi connectivity index (χ1) is 10.1. The van der Waals surface area contributed by atoms with E-state index in [9.17, 15) is 4.39 Å². The van der Waals surface area contributed by atoms with Crippen LogP contribution in [-0.2, 0) is 6.42 Å². The Labute approximate surface area is 124 Å². The highest BCUT2D eigenvalue weighted by Crippen LogP contribution is 2.52. The molecule has 0 radical (unpaired) electrons. The zero-order chi connectivity index (χ0) is 14.6. The van der Waals surface area contributed by atoms with Crippen LogP contribution in [0.4, 0.5) is 4.39 Å². The van der Waals surface area contributed by atoms with Crippen molar-refractivity contribution >= 4 is 6.08 Å².